The van der Waals surface area contributed by atoms with Crippen LogP contribution >= 0.6 is 0 Å². The molecule has 0 saturated heterocycles. The number of nitrogens with one attached hydrogen (secondary N) is 1. The molecule has 3 aliphatic rings. The Balaban J connectivity index is 1.43. The van der Waals surface area contributed by atoms with Gasteiger partial charge < -0.3 is 10.4 Å². The highest BCUT2D eigenvalue weighted by Gasteiger charge is 2.39. The summed E-state index contributed by atoms with van der Waals surface area (Å²) in [6, 6.07) is 1.83. The summed E-state index contributed by atoms with van der Waals surface area (Å²) in [4.78, 5) is 25.1. The molecule has 0 spiro atoms. The summed E-state index contributed by atoms with van der Waals surface area (Å²) in [5.41, 5.74) is 0.513. The van der Waals surface area contributed by atoms with Crippen LogP contribution in [-0.4, -0.2) is 42.1 Å². The van der Waals surface area contributed by atoms with Crippen LogP contribution in [0, 0.1) is 0 Å². The standard InChI is InChI=1S/C18H23N5O3/c1-18(26)7-12(8-18)19-15(24)9-22-17(25)14-6-13(10-2-3-10)20-23(14)16(21-22)11-4-5-11/h6,10-12,26H,2-5,7-9H2,1H3,(H,19,24)/t12-,18+. The molecule has 2 N–H and O–H groups in total. The maximum Gasteiger partial charge on any atom is 0.293 e. The SMILES string of the molecule is C[C@]1(O)C[C@@H](NC(=O)Cn2nc(C3CC3)n3nc(C4CC4)cc3c2=O)C1. The van der Waals surface area contributed by atoms with E-state index < -0.39 is 5.60 Å². The molecular formula is C18H23N5O3. The third-order valence-electron chi connectivity index (χ3n) is 5.59. The number of amides is 1. The van der Waals surface area contributed by atoms with Crippen molar-refractivity contribution >= 4 is 11.4 Å². The van der Waals surface area contributed by atoms with Gasteiger partial charge in [-0.3, -0.25) is 9.59 Å². The molecule has 0 atom stereocenters. The van der Waals surface area contributed by atoms with E-state index in [0.29, 0.717) is 30.2 Å². The quantitative estimate of drug-likeness (QED) is 0.819. The third kappa shape index (κ3) is 2.82. The van der Waals surface area contributed by atoms with Gasteiger partial charge in [0.1, 0.15) is 12.1 Å². The van der Waals surface area contributed by atoms with Gasteiger partial charge in [0.2, 0.25) is 5.91 Å². The Hall–Kier alpha value is -2.22. The second-order valence-corrected chi connectivity index (χ2v) is 8.41. The number of aliphatic hydroxyl groups is 1. The number of carbonyl (C=O) groups excluding carboxylic acids is 1. The number of hydrogen-bond acceptors (Lipinski definition) is 5. The molecule has 138 valence electrons. The summed E-state index contributed by atoms with van der Waals surface area (Å²) in [7, 11) is 0. The molecule has 26 heavy (non-hydrogen) atoms. The monoisotopic (exact) mass is 357 g/mol. The highest BCUT2D eigenvalue weighted by Crippen LogP contribution is 2.41. The third-order valence-corrected chi connectivity index (χ3v) is 5.59. The average molecular weight is 357 g/mol. The number of rotatable bonds is 5. The minimum Gasteiger partial charge on any atom is -0.390 e. The summed E-state index contributed by atoms with van der Waals surface area (Å²) in [6.45, 7) is 1.66. The molecule has 2 aromatic rings. The Bertz CT molecular complexity index is 944. The summed E-state index contributed by atoms with van der Waals surface area (Å²) in [5, 5.41) is 21.7. The fraction of sp³-hybridized carbons (Fsp3) is 0.667. The van der Waals surface area contributed by atoms with Crippen molar-refractivity contribution in [1.82, 2.24) is 24.7 Å². The van der Waals surface area contributed by atoms with Crippen LogP contribution in [-0.2, 0) is 11.3 Å². The topological polar surface area (TPSA) is 102 Å². The number of nitrogens with zero attached hydrogens (tertiary/aromatic N) is 4. The second-order valence-electron chi connectivity index (χ2n) is 8.41. The fourth-order valence-electron chi connectivity index (χ4n) is 3.87. The first-order valence-corrected chi connectivity index (χ1v) is 9.42. The van der Waals surface area contributed by atoms with Gasteiger partial charge in [0.15, 0.2) is 5.82 Å². The zero-order chi connectivity index (χ0) is 18.1. The van der Waals surface area contributed by atoms with Gasteiger partial charge in [-0.2, -0.15) is 10.2 Å². The number of hydrogen-bond donors (Lipinski definition) is 2. The number of carbonyl (C=O) groups is 1. The zero-order valence-electron chi connectivity index (χ0n) is 14.8. The lowest BCUT2D eigenvalue weighted by atomic mass is 9.77. The second kappa shape index (κ2) is 5.39. The van der Waals surface area contributed by atoms with Crippen LogP contribution < -0.4 is 10.9 Å². The molecule has 0 bridgehead atoms. The van der Waals surface area contributed by atoms with Crippen LogP contribution in [0.1, 0.15) is 68.8 Å². The fourth-order valence-corrected chi connectivity index (χ4v) is 3.87. The molecule has 8 nitrogen and oxygen atoms in total. The van der Waals surface area contributed by atoms with Crippen LogP contribution in [0.15, 0.2) is 10.9 Å². The predicted octanol–water partition coefficient (Wildman–Crippen LogP) is 0.675. The minimum atomic E-state index is -0.693. The Morgan fingerprint density at radius 2 is 1.96 bits per heavy atom. The van der Waals surface area contributed by atoms with Crippen molar-refractivity contribution in [3.05, 3.63) is 27.9 Å². The van der Waals surface area contributed by atoms with Crippen molar-refractivity contribution in [1.29, 1.82) is 0 Å². The van der Waals surface area contributed by atoms with E-state index in [-0.39, 0.29) is 24.1 Å². The van der Waals surface area contributed by atoms with Crippen LogP contribution in [0.2, 0.25) is 0 Å². The largest absolute Gasteiger partial charge is 0.390 e. The minimum absolute atomic E-state index is 0.0312. The number of fused-ring (bicyclic) bond motifs is 1. The maximum atomic E-state index is 12.8. The molecule has 0 unspecified atom stereocenters. The first-order valence-electron chi connectivity index (χ1n) is 9.42. The van der Waals surface area contributed by atoms with Gasteiger partial charge in [0.05, 0.1) is 11.3 Å². The Kier molecular flexibility index (Phi) is 3.31. The molecule has 0 radical (unpaired) electrons. The van der Waals surface area contributed by atoms with Crippen molar-refractivity contribution in [3.63, 3.8) is 0 Å². The molecule has 0 aromatic carbocycles. The predicted molar refractivity (Wildman–Crippen MR) is 93.0 cm³/mol. The van der Waals surface area contributed by atoms with Crippen molar-refractivity contribution in [2.24, 2.45) is 0 Å². The smallest absolute Gasteiger partial charge is 0.293 e. The first-order chi connectivity index (χ1) is 12.4. The van der Waals surface area contributed by atoms with E-state index in [1.165, 1.54) is 4.68 Å². The summed E-state index contributed by atoms with van der Waals surface area (Å²) in [6.07, 6.45) is 5.42. The van der Waals surface area contributed by atoms with Crippen LogP contribution in [0.4, 0.5) is 0 Å². The van der Waals surface area contributed by atoms with Crippen LogP contribution in [0.25, 0.3) is 5.52 Å². The van der Waals surface area contributed by atoms with Gasteiger partial charge in [-0.15, -0.1) is 0 Å². The van der Waals surface area contributed by atoms with Crippen molar-refractivity contribution in [2.75, 3.05) is 0 Å². The molecule has 2 aromatic heterocycles. The van der Waals surface area contributed by atoms with Gasteiger partial charge in [-0.05, 0) is 51.5 Å². The first kappa shape index (κ1) is 16.0. The Morgan fingerprint density at radius 1 is 1.27 bits per heavy atom. The van der Waals surface area contributed by atoms with Gasteiger partial charge in [0, 0.05) is 17.9 Å². The molecule has 3 aliphatic carbocycles. The van der Waals surface area contributed by atoms with Crippen LogP contribution in [0.3, 0.4) is 0 Å². The average Bonchev–Trinajstić information content (AvgIpc) is 3.45. The molecule has 5 rings (SSSR count). The van der Waals surface area contributed by atoms with Crippen molar-refractivity contribution < 1.29 is 9.90 Å². The molecule has 8 heteroatoms. The summed E-state index contributed by atoms with van der Waals surface area (Å²) < 4.78 is 2.97. The van der Waals surface area contributed by atoms with Crippen molar-refractivity contribution in [2.45, 2.75) is 75.5 Å². The normalized spacial score (nSPS) is 28.2. The molecule has 3 saturated carbocycles. The van der Waals surface area contributed by atoms with E-state index in [4.69, 9.17) is 0 Å². The lowest BCUT2D eigenvalue weighted by molar-refractivity contribution is -0.125. The highest BCUT2D eigenvalue weighted by molar-refractivity contribution is 5.76. The van der Waals surface area contributed by atoms with Gasteiger partial charge in [-0.1, -0.05) is 0 Å². The van der Waals surface area contributed by atoms with E-state index >= 15 is 0 Å². The number of aromatic nitrogens is 4. The summed E-state index contributed by atoms with van der Waals surface area (Å²) in [5.74, 6) is 1.32. The molecule has 1 amide bonds. The summed E-state index contributed by atoms with van der Waals surface area (Å²) >= 11 is 0. The Labute approximate surface area is 150 Å². The zero-order valence-corrected chi connectivity index (χ0v) is 14.8. The molecule has 2 heterocycles. The highest BCUT2D eigenvalue weighted by atomic mass is 16.3. The van der Waals surface area contributed by atoms with E-state index in [0.717, 1.165) is 37.2 Å². The Morgan fingerprint density at radius 3 is 2.58 bits per heavy atom. The van der Waals surface area contributed by atoms with E-state index in [2.05, 4.69) is 15.5 Å². The lowest BCUT2D eigenvalue weighted by Gasteiger charge is -2.41. The van der Waals surface area contributed by atoms with Gasteiger partial charge in [-0.25, -0.2) is 9.20 Å². The van der Waals surface area contributed by atoms with E-state index in [9.17, 15) is 14.7 Å². The lowest BCUT2D eigenvalue weighted by Crippen LogP contribution is -2.54. The maximum absolute atomic E-state index is 12.8. The van der Waals surface area contributed by atoms with E-state index in [1.807, 2.05) is 6.07 Å². The van der Waals surface area contributed by atoms with Gasteiger partial charge >= 0.3 is 0 Å². The van der Waals surface area contributed by atoms with Crippen molar-refractivity contribution in [3.8, 4) is 0 Å². The molecule has 3 fully saturated rings. The molecule has 0 aliphatic heterocycles. The van der Waals surface area contributed by atoms with E-state index in [1.54, 1.807) is 11.4 Å². The van der Waals surface area contributed by atoms with Gasteiger partial charge in [0.25, 0.3) is 5.56 Å². The molecular weight excluding hydrogens is 334 g/mol. The van der Waals surface area contributed by atoms with Crippen LogP contribution in [0.5, 0.6) is 0 Å².